The van der Waals surface area contributed by atoms with E-state index in [9.17, 15) is 19.8 Å². The number of aliphatic hydroxyl groups is 1. The summed E-state index contributed by atoms with van der Waals surface area (Å²) in [5.41, 5.74) is -0.367. The molecule has 1 spiro atoms. The lowest BCUT2D eigenvalue weighted by Crippen LogP contribution is -2.66. The lowest BCUT2D eigenvalue weighted by atomic mass is 9.81. The van der Waals surface area contributed by atoms with E-state index in [2.05, 4.69) is 0 Å². The number of hydrogen-bond acceptors (Lipinski definition) is 10. The minimum atomic E-state index is -1.66. The van der Waals surface area contributed by atoms with Crippen molar-refractivity contribution in [1.29, 1.82) is 0 Å². The number of carbonyl (C=O) groups excluding carboxylic acids is 2. The standard InChI is InChI=1S/C25H24O10/c1-12-9-14-18(20(28)17-13(19(14)27)5-3-6-16(17)26)21-15(12)10-33-25(30-2,23-31-7-4-8-32-23)24(11-34-24)22(29)35-21/h3,5-6,9,22-23,26,29H,4,7-8,10-11H2,1-2H3/t22-,24+,25?/m1/s1. The summed E-state index contributed by atoms with van der Waals surface area (Å²) in [5, 5.41) is 21.6. The average molecular weight is 484 g/mol. The highest BCUT2D eigenvalue weighted by Gasteiger charge is 2.74. The van der Waals surface area contributed by atoms with E-state index in [0.29, 0.717) is 30.8 Å². The van der Waals surface area contributed by atoms with Gasteiger partial charge in [0.1, 0.15) is 11.5 Å². The second-order valence-electron chi connectivity index (χ2n) is 9.02. The molecule has 2 N–H and O–H groups in total. The van der Waals surface area contributed by atoms with E-state index in [4.69, 9.17) is 28.4 Å². The normalized spacial score (nSPS) is 30.1. The van der Waals surface area contributed by atoms with Crippen LogP contribution in [-0.2, 0) is 30.3 Å². The first-order valence-electron chi connectivity index (χ1n) is 11.3. The maximum atomic E-state index is 13.6. The third-order valence-corrected chi connectivity index (χ3v) is 7.14. The van der Waals surface area contributed by atoms with Gasteiger partial charge in [-0.05, 0) is 31.0 Å². The van der Waals surface area contributed by atoms with E-state index in [0.717, 1.165) is 0 Å². The molecule has 0 radical (unpaired) electrons. The number of epoxide rings is 1. The van der Waals surface area contributed by atoms with Crippen molar-refractivity contribution < 1.29 is 48.2 Å². The monoisotopic (exact) mass is 484 g/mol. The topological polar surface area (TPSA) is 133 Å². The molecule has 0 bridgehead atoms. The molecule has 0 saturated carbocycles. The van der Waals surface area contributed by atoms with Crippen LogP contribution in [0.2, 0.25) is 0 Å². The molecule has 1 aliphatic carbocycles. The molecule has 6 rings (SSSR count). The summed E-state index contributed by atoms with van der Waals surface area (Å²) in [6.45, 7) is 2.48. The van der Waals surface area contributed by atoms with Crippen LogP contribution in [0.4, 0.5) is 0 Å². The van der Waals surface area contributed by atoms with Crippen molar-refractivity contribution in [2.75, 3.05) is 26.9 Å². The number of aliphatic hydroxyl groups excluding tert-OH is 1. The summed E-state index contributed by atoms with van der Waals surface area (Å²) >= 11 is 0. The van der Waals surface area contributed by atoms with Crippen LogP contribution in [0.15, 0.2) is 24.3 Å². The molecular weight excluding hydrogens is 460 g/mol. The number of fused-ring (bicyclic) bond motifs is 4. The number of phenolic OH excluding ortho intramolecular Hbond substituents is 1. The van der Waals surface area contributed by atoms with Crippen molar-refractivity contribution in [2.45, 2.75) is 43.9 Å². The Balaban J connectivity index is 1.51. The van der Waals surface area contributed by atoms with Crippen molar-refractivity contribution in [3.63, 3.8) is 0 Å². The van der Waals surface area contributed by atoms with E-state index >= 15 is 0 Å². The molecular formula is C25H24O10. The zero-order valence-corrected chi connectivity index (χ0v) is 19.2. The minimum Gasteiger partial charge on any atom is -0.507 e. The number of phenols is 1. The van der Waals surface area contributed by atoms with Crippen LogP contribution in [0.25, 0.3) is 0 Å². The van der Waals surface area contributed by atoms with E-state index in [1.807, 2.05) is 0 Å². The van der Waals surface area contributed by atoms with Gasteiger partial charge in [-0.2, -0.15) is 0 Å². The maximum absolute atomic E-state index is 13.6. The summed E-state index contributed by atoms with van der Waals surface area (Å²) < 4.78 is 35.3. The van der Waals surface area contributed by atoms with E-state index in [1.165, 1.54) is 25.3 Å². The van der Waals surface area contributed by atoms with Gasteiger partial charge in [-0.3, -0.25) is 9.59 Å². The van der Waals surface area contributed by atoms with Crippen molar-refractivity contribution in [3.8, 4) is 11.5 Å². The number of hydrogen-bond donors (Lipinski definition) is 2. The van der Waals surface area contributed by atoms with Crippen LogP contribution in [0.5, 0.6) is 11.5 Å². The lowest BCUT2D eigenvalue weighted by Gasteiger charge is -2.46. The molecule has 3 aliphatic heterocycles. The second kappa shape index (κ2) is 7.82. The molecule has 10 heteroatoms. The Kier molecular flexibility index (Phi) is 5.05. The van der Waals surface area contributed by atoms with Crippen molar-refractivity contribution in [1.82, 2.24) is 0 Å². The SMILES string of the molecule is COC1(C2OCCCO2)OCc2c(C)cc3c(c2O[C@@H](O)[C@@]12CO2)C(=O)c1c(O)cccc1C3=O. The number of ketones is 2. The summed E-state index contributed by atoms with van der Waals surface area (Å²) in [6.07, 6.45) is -1.95. The smallest absolute Gasteiger partial charge is 0.259 e. The fourth-order valence-corrected chi connectivity index (χ4v) is 5.18. The van der Waals surface area contributed by atoms with Gasteiger partial charge in [-0.25, -0.2) is 0 Å². The Hall–Kier alpha value is -2.86. The molecule has 4 aliphatic rings. The van der Waals surface area contributed by atoms with Crippen LogP contribution >= 0.6 is 0 Å². The Labute approximate surface area is 200 Å². The van der Waals surface area contributed by atoms with Gasteiger partial charge in [0.2, 0.25) is 24.0 Å². The average Bonchev–Trinajstić information content (AvgIpc) is 3.67. The molecule has 35 heavy (non-hydrogen) atoms. The summed E-state index contributed by atoms with van der Waals surface area (Å²) in [7, 11) is 1.40. The quantitative estimate of drug-likeness (QED) is 0.517. The van der Waals surface area contributed by atoms with Crippen molar-refractivity contribution >= 4 is 11.6 Å². The Bertz CT molecular complexity index is 1240. The maximum Gasteiger partial charge on any atom is 0.259 e. The van der Waals surface area contributed by atoms with Gasteiger partial charge in [0.05, 0.1) is 37.6 Å². The molecule has 2 aromatic carbocycles. The van der Waals surface area contributed by atoms with Gasteiger partial charge in [-0.15, -0.1) is 0 Å². The molecule has 2 aromatic rings. The predicted octanol–water partition coefficient (Wildman–Crippen LogP) is 1.58. The number of aromatic hydroxyl groups is 1. The molecule has 0 aromatic heterocycles. The molecule has 2 saturated heterocycles. The van der Waals surface area contributed by atoms with Crippen molar-refractivity contribution in [3.05, 3.63) is 57.6 Å². The van der Waals surface area contributed by atoms with Gasteiger partial charge >= 0.3 is 0 Å². The van der Waals surface area contributed by atoms with Gasteiger partial charge in [0.15, 0.2) is 5.78 Å². The number of benzene rings is 2. The molecule has 3 heterocycles. The van der Waals surface area contributed by atoms with Gasteiger partial charge in [0, 0.05) is 23.8 Å². The Morgan fingerprint density at radius 3 is 2.49 bits per heavy atom. The lowest BCUT2D eigenvalue weighted by molar-refractivity contribution is -0.397. The summed E-state index contributed by atoms with van der Waals surface area (Å²) in [4.78, 5) is 26.8. The fourth-order valence-electron chi connectivity index (χ4n) is 5.18. The third-order valence-electron chi connectivity index (χ3n) is 7.14. The minimum absolute atomic E-state index is 0.00446. The summed E-state index contributed by atoms with van der Waals surface area (Å²) in [6, 6.07) is 5.93. The summed E-state index contributed by atoms with van der Waals surface area (Å²) in [5.74, 6) is -2.97. The van der Waals surface area contributed by atoms with Crippen LogP contribution in [0.3, 0.4) is 0 Å². The highest BCUT2D eigenvalue weighted by molar-refractivity contribution is 6.30. The van der Waals surface area contributed by atoms with E-state index < -0.39 is 35.5 Å². The van der Waals surface area contributed by atoms with E-state index in [-0.39, 0.29) is 47.0 Å². The molecule has 184 valence electrons. The first kappa shape index (κ1) is 22.6. The van der Waals surface area contributed by atoms with E-state index in [1.54, 1.807) is 13.0 Å². The second-order valence-corrected chi connectivity index (χ2v) is 9.02. The largest absolute Gasteiger partial charge is 0.507 e. The van der Waals surface area contributed by atoms with Crippen molar-refractivity contribution in [2.24, 2.45) is 0 Å². The molecule has 10 nitrogen and oxygen atoms in total. The molecule has 0 amide bonds. The zero-order chi connectivity index (χ0) is 24.5. The highest BCUT2D eigenvalue weighted by Crippen LogP contribution is 2.52. The van der Waals surface area contributed by atoms with Gasteiger partial charge in [0.25, 0.3) is 5.79 Å². The third kappa shape index (κ3) is 2.98. The Morgan fingerprint density at radius 1 is 1.06 bits per heavy atom. The van der Waals surface area contributed by atoms with Gasteiger partial charge in [-0.1, -0.05) is 12.1 Å². The van der Waals surface area contributed by atoms with Crippen LogP contribution in [-0.4, -0.2) is 72.7 Å². The van der Waals surface area contributed by atoms with Gasteiger partial charge < -0.3 is 38.6 Å². The first-order valence-corrected chi connectivity index (χ1v) is 11.3. The van der Waals surface area contributed by atoms with Crippen LogP contribution in [0, 0.1) is 6.92 Å². The molecule has 1 unspecified atom stereocenters. The number of methoxy groups -OCH3 is 1. The van der Waals surface area contributed by atoms with Crippen LogP contribution in [0.1, 0.15) is 49.4 Å². The number of rotatable bonds is 2. The first-order chi connectivity index (χ1) is 16.8. The predicted molar refractivity (Wildman–Crippen MR) is 116 cm³/mol. The zero-order valence-electron chi connectivity index (χ0n) is 19.2. The molecule has 2 fully saturated rings. The fraction of sp³-hybridized carbons (Fsp3) is 0.440. The number of ether oxygens (including phenoxy) is 6. The Morgan fingerprint density at radius 2 is 1.80 bits per heavy atom. The number of aryl methyl sites for hydroxylation is 1. The number of carbonyl (C=O) groups is 2. The molecule has 3 atom stereocenters. The highest BCUT2D eigenvalue weighted by atomic mass is 16.8. The van der Waals surface area contributed by atoms with Crippen LogP contribution < -0.4 is 4.74 Å².